The summed E-state index contributed by atoms with van der Waals surface area (Å²) in [6, 6.07) is 15.5. The Morgan fingerprint density at radius 1 is 1.10 bits per heavy atom. The third-order valence-corrected chi connectivity index (χ3v) is 5.12. The molecule has 102 valence electrons. The van der Waals surface area contributed by atoms with E-state index < -0.39 is 0 Å². The van der Waals surface area contributed by atoms with Crippen molar-refractivity contribution in [2.24, 2.45) is 0 Å². The van der Waals surface area contributed by atoms with E-state index in [1.807, 2.05) is 53.4 Å². The van der Waals surface area contributed by atoms with Gasteiger partial charge in [0.05, 0.1) is 5.75 Å². The Labute approximate surface area is 135 Å². The summed E-state index contributed by atoms with van der Waals surface area (Å²) in [6.45, 7) is 0. The largest absolute Gasteiger partial charge is 0.295 e. The highest BCUT2D eigenvalue weighted by molar-refractivity contribution is 9.10. The van der Waals surface area contributed by atoms with Crippen molar-refractivity contribution < 1.29 is 4.79 Å². The van der Waals surface area contributed by atoms with Crippen LogP contribution < -0.4 is 4.90 Å². The van der Waals surface area contributed by atoms with Crippen LogP contribution in [-0.4, -0.2) is 11.7 Å². The van der Waals surface area contributed by atoms with E-state index in [9.17, 15) is 4.79 Å². The number of nitrogens with zero attached hydrogens (tertiary/aromatic N) is 1. The van der Waals surface area contributed by atoms with E-state index in [2.05, 4.69) is 15.9 Å². The number of rotatable bonds is 2. The van der Waals surface area contributed by atoms with Crippen molar-refractivity contribution in [1.29, 1.82) is 0 Å². The molecule has 0 spiro atoms. The number of amides is 1. The van der Waals surface area contributed by atoms with Crippen LogP contribution in [-0.2, 0) is 4.79 Å². The van der Waals surface area contributed by atoms with E-state index in [1.165, 1.54) is 0 Å². The molecule has 0 N–H and O–H groups in total. The first-order valence-electron chi connectivity index (χ1n) is 6.10. The Morgan fingerprint density at radius 2 is 1.75 bits per heavy atom. The number of thioether (sulfide) groups is 1. The Bertz CT molecular complexity index is 629. The van der Waals surface area contributed by atoms with Crippen LogP contribution in [0.15, 0.2) is 53.0 Å². The summed E-state index contributed by atoms with van der Waals surface area (Å²) in [4.78, 5) is 14.0. The van der Waals surface area contributed by atoms with Crippen molar-refractivity contribution in [2.75, 3.05) is 10.7 Å². The number of hydrogen-bond acceptors (Lipinski definition) is 2. The van der Waals surface area contributed by atoms with E-state index in [4.69, 9.17) is 11.6 Å². The van der Waals surface area contributed by atoms with Crippen LogP contribution in [0, 0.1) is 0 Å². The van der Waals surface area contributed by atoms with Crippen LogP contribution >= 0.6 is 39.3 Å². The minimum absolute atomic E-state index is 0.0148. The fourth-order valence-corrected chi connectivity index (χ4v) is 3.75. The highest BCUT2D eigenvalue weighted by Gasteiger charge is 2.33. The van der Waals surface area contributed by atoms with Gasteiger partial charge < -0.3 is 0 Å². The molecule has 0 aliphatic carbocycles. The van der Waals surface area contributed by atoms with Crippen LogP contribution in [0.4, 0.5) is 5.69 Å². The van der Waals surface area contributed by atoms with Crippen LogP contribution in [0.25, 0.3) is 0 Å². The first-order valence-corrected chi connectivity index (χ1v) is 8.32. The van der Waals surface area contributed by atoms with Gasteiger partial charge in [0.2, 0.25) is 5.91 Å². The minimum Gasteiger partial charge on any atom is -0.295 e. The molecule has 0 bridgehead atoms. The average Bonchev–Trinajstić information content (AvgIpc) is 2.83. The van der Waals surface area contributed by atoms with Crippen LogP contribution in [0.1, 0.15) is 10.9 Å². The maximum Gasteiger partial charge on any atom is 0.238 e. The van der Waals surface area contributed by atoms with Gasteiger partial charge >= 0.3 is 0 Å². The zero-order valence-corrected chi connectivity index (χ0v) is 13.6. The Hall–Kier alpha value is -0.970. The lowest BCUT2D eigenvalue weighted by atomic mass is 10.2. The van der Waals surface area contributed by atoms with Crippen molar-refractivity contribution in [3.05, 3.63) is 63.6 Å². The number of carbonyl (C=O) groups excluding carboxylic acids is 1. The monoisotopic (exact) mass is 367 g/mol. The van der Waals surface area contributed by atoms with Gasteiger partial charge in [0.15, 0.2) is 0 Å². The van der Waals surface area contributed by atoms with Gasteiger partial charge in [-0.25, -0.2) is 0 Å². The molecule has 1 aliphatic heterocycles. The number of carbonyl (C=O) groups is 1. The highest BCUT2D eigenvalue weighted by Crippen LogP contribution is 2.42. The molecule has 2 aromatic rings. The molecule has 1 atom stereocenters. The second-order valence-electron chi connectivity index (χ2n) is 4.46. The first-order chi connectivity index (χ1) is 9.65. The number of anilines is 1. The molecule has 1 amide bonds. The summed E-state index contributed by atoms with van der Waals surface area (Å²) in [5.74, 6) is 0.640. The smallest absolute Gasteiger partial charge is 0.238 e. The molecular formula is C15H11BrClNOS. The zero-order chi connectivity index (χ0) is 14.1. The molecule has 20 heavy (non-hydrogen) atoms. The predicted molar refractivity (Wildman–Crippen MR) is 88.3 cm³/mol. The van der Waals surface area contributed by atoms with Gasteiger partial charge in [-0.15, -0.1) is 11.8 Å². The van der Waals surface area contributed by atoms with E-state index in [0.29, 0.717) is 10.8 Å². The quantitative estimate of drug-likeness (QED) is 0.753. The van der Waals surface area contributed by atoms with Gasteiger partial charge in [0.1, 0.15) is 5.37 Å². The third-order valence-electron chi connectivity index (χ3n) is 3.13. The summed E-state index contributed by atoms with van der Waals surface area (Å²) in [6.07, 6.45) is 0. The van der Waals surface area contributed by atoms with Crippen molar-refractivity contribution in [1.82, 2.24) is 0 Å². The third kappa shape index (κ3) is 2.73. The lowest BCUT2D eigenvalue weighted by Gasteiger charge is -2.24. The Balaban J connectivity index is 1.96. The van der Waals surface area contributed by atoms with E-state index in [1.54, 1.807) is 11.8 Å². The van der Waals surface area contributed by atoms with Crippen molar-refractivity contribution in [3.8, 4) is 0 Å². The minimum atomic E-state index is 0.0148. The van der Waals surface area contributed by atoms with Crippen LogP contribution in [0.5, 0.6) is 0 Å². The molecule has 1 saturated heterocycles. The standard InChI is InChI=1S/C15H11BrClNOS/c16-11-3-7-13(8-4-11)18-14(19)9-20-15(18)10-1-5-12(17)6-2-10/h1-8,15H,9H2. The lowest BCUT2D eigenvalue weighted by Crippen LogP contribution is -2.27. The molecule has 0 radical (unpaired) electrons. The highest BCUT2D eigenvalue weighted by atomic mass is 79.9. The molecule has 1 aliphatic rings. The summed E-state index contributed by atoms with van der Waals surface area (Å²) in [7, 11) is 0. The summed E-state index contributed by atoms with van der Waals surface area (Å²) in [5, 5.41) is 0.721. The topological polar surface area (TPSA) is 20.3 Å². The summed E-state index contributed by atoms with van der Waals surface area (Å²) < 4.78 is 1.00. The van der Waals surface area contributed by atoms with Crippen LogP contribution in [0.3, 0.4) is 0 Å². The molecule has 0 saturated carbocycles. The summed E-state index contributed by atoms with van der Waals surface area (Å²) >= 11 is 11.0. The van der Waals surface area contributed by atoms with E-state index in [0.717, 1.165) is 15.7 Å². The fourth-order valence-electron chi connectivity index (χ4n) is 2.18. The number of halogens is 2. The molecule has 0 aromatic heterocycles. The van der Waals surface area contributed by atoms with Gasteiger partial charge in [0, 0.05) is 15.2 Å². The number of hydrogen-bond donors (Lipinski definition) is 0. The molecule has 1 heterocycles. The predicted octanol–water partition coefficient (Wildman–Crippen LogP) is 4.88. The summed E-state index contributed by atoms with van der Waals surface area (Å²) in [5.41, 5.74) is 2.01. The van der Waals surface area contributed by atoms with Crippen LogP contribution in [0.2, 0.25) is 5.02 Å². The van der Waals surface area contributed by atoms with Gasteiger partial charge in [0.25, 0.3) is 0 Å². The first kappa shape index (κ1) is 14.0. The zero-order valence-electron chi connectivity index (χ0n) is 10.4. The van der Waals surface area contributed by atoms with E-state index in [-0.39, 0.29) is 11.3 Å². The van der Waals surface area contributed by atoms with Crippen molar-refractivity contribution >= 4 is 50.9 Å². The Kier molecular flexibility index (Phi) is 4.06. The second-order valence-corrected chi connectivity index (χ2v) is 6.88. The molecule has 2 nitrogen and oxygen atoms in total. The normalized spacial score (nSPS) is 18.6. The second kappa shape index (κ2) is 5.80. The molecule has 1 unspecified atom stereocenters. The van der Waals surface area contributed by atoms with Gasteiger partial charge in [-0.3, -0.25) is 9.69 Å². The molecule has 5 heteroatoms. The Morgan fingerprint density at radius 3 is 2.40 bits per heavy atom. The molecule has 1 fully saturated rings. The van der Waals surface area contributed by atoms with Gasteiger partial charge in [-0.05, 0) is 42.0 Å². The molecule has 2 aromatic carbocycles. The SMILES string of the molecule is O=C1CSC(c2ccc(Cl)cc2)N1c1ccc(Br)cc1. The maximum absolute atomic E-state index is 12.2. The molecule has 3 rings (SSSR count). The number of benzene rings is 2. The molecular weight excluding hydrogens is 358 g/mol. The lowest BCUT2D eigenvalue weighted by molar-refractivity contribution is -0.115. The average molecular weight is 369 g/mol. The van der Waals surface area contributed by atoms with Crippen molar-refractivity contribution in [3.63, 3.8) is 0 Å². The van der Waals surface area contributed by atoms with Crippen molar-refractivity contribution in [2.45, 2.75) is 5.37 Å². The van der Waals surface area contributed by atoms with E-state index >= 15 is 0 Å². The van der Waals surface area contributed by atoms with Gasteiger partial charge in [-0.1, -0.05) is 39.7 Å². The fraction of sp³-hybridized carbons (Fsp3) is 0.133. The van der Waals surface area contributed by atoms with Gasteiger partial charge in [-0.2, -0.15) is 0 Å². The maximum atomic E-state index is 12.2.